The lowest BCUT2D eigenvalue weighted by Gasteiger charge is -2.42. The van der Waals surface area contributed by atoms with Crippen molar-refractivity contribution < 1.29 is 14.3 Å². The molecule has 0 N–H and O–H groups in total. The second kappa shape index (κ2) is 7.49. The van der Waals surface area contributed by atoms with Gasteiger partial charge in [-0.3, -0.25) is 19.6 Å². The summed E-state index contributed by atoms with van der Waals surface area (Å²) in [5.41, 5.74) is 0.453. The lowest BCUT2D eigenvalue weighted by molar-refractivity contribution is -0.146. The summed E-state index contributed by atoms with van der Waals surface area (Å²) in [5, 5.41) is 0. The standard InChI is InChI=1S/C19H22N4O3/c24-18-12-26-19(14-23(18)17-6-2-4-8-21-17)13-22(9-10-25-15-19)11-16-5-1-3-7-20-16/h1-8H,9-15H2/t19-/m1/s1. The number of nitrogens with zero attached hydrogens (tertiary/aromatic N) is 4. The van der Waals surface area contributed by atoms with E-state index in [-0.39, 0.29) is 12.5 Å². The van der Waals surface area contributed by atoms with Gasteiger partial charge in [0, 0.05) is 32.0 Å². The first-order valence-corrected chi connectivity index (χ1v) is 8.80. The molecule has 26 heavy (non-hydrogen) atoms. The van der Waals surface area contributed by atoms with Gasteiger partial charge in [0.05, 0.1) is 25.5 Å². The van der Waals surface area contributed by atoms with Crippen LogP contribution in [0.15, 0.2) is 48.8 Å². The van der Waals surface area contributed by atoms with Crippen LogP contribution in [0.4, 0.5) is 5.82 Å². The summed E-state index contributed by atoms with van der Waals surface area (Å²) in [6.45, 7) is 3.78. The molecule has 2 aliphatic heterocycles. The molecule has 0 saturated carbocycles. The zero-order valence-electron chi connectivity index (χ0n) is 14.6. The second-order valence-corrected chi connectivity index (χ2v) is 6.72. The van der Waals surface area contributed by atoms with Gasteiger partial charge in [0.2, 0.25) is 0 Å². The third kappa shape index (κ3) is 3.75. The summed E-state index contributed by atoms with van der Waals surface area (Å²) in [6.07, 6.45) is 3.50. The molecule has 1 amide bonds. The molecule has 7 nitrogen and oxygen atoms in total. The number of morpholine rings is 1. The normalized spacial score (nSPS) is 24.6. The van der Waals surface area contributed by atoms with Gasteiger partial charge >= 0.3 is 0 Å². The van der Waals surface area contributed by atoms with Gasteiger partial charge in [0.15, 0.2) is 0 Å². The van der Waals surface area contributed by atoms with E-state index in [1.54, 1.807) is 17.3 Å². The maximum Gasteiger partial charge on any atom is 0.254 e. The molecule has 2 fully saturated rings. The maximum atomic E-state index is 12.4. The van der Waals surface area contributed by atoms with E-state index < -0.39 is 5.60 Å². The molecule has 2 saturated heterocycles. The van der Waals surface area contributed by atoms with Crippen molar-refractivity contribution in [3.8, 4) is 0 Å². The van der Waals surface area contributed by atoms with Gasteiger partial charge < -0.3 is 9.47 Å². The molecule has 0 radical (unpaired) electrons. The highest BCUT2D eigenvalue weighted by molar-refractivity contribution is 5.94. The molecule has 0 unspecified atom stereocenters. The topological polar surface area (TPSA) is 67.8 Å². The van der Waals surface area contributed by atoms with Crippen molar-refractivity contribution in [3.63, 3.8) is 0 Å². The Hall–Kier alpha value is -2.35. The van der Waals surface area contributed by atoms with Crippen molar-refractivity contribution in [3.05, 3.63) is 54.5 Å². The van der Waals surface area contributed by atoms with Crippen molar-refractivity contribution in [2.75, 3.05) is 44.4 Å². The number of rotatable bonds is 3. The SMILES string of the molecule is O=C1CO[C@@]2(COCCN(Cc3ccccn3)C2)CN1c1ccccn1. The van der Waals surface area contributed by atoms with Gasteiger partial charge in [-0.2, -0.15) is 0 Å². The fourth-order valence-electron chi connectivity index (χ4n) is 3.46. The summed E-state index contributed by atoms with van der Waals surface area (Å²) in [5.74, 6) is 0.579. The number of anilines is 1. The van der Waals surface area contributed by atoms with Gasteiger partial charge in [-0.15, -0.1) is 0 Å². The monoisotopic (exact) mass is 354 g/mol. The van der Waals surface area contributed by atoms with Crippen molar-refractivity contribution in [1.29, 1.82) is 0 Å². The van der Waals surface area contributed by atoms with Gasteiger partial charge in [-0.05, 0) is 24.3 Å². The molecule has 0 aromatic carbocycles. The first kappa shape index (κ1) is 17.1. The first-order chi connectivity index (χ1) is 12.7. The summed E-state index contributed by atoms with van der Waals surface area (Å²) >= 11 is 0. The minimum atomic E-state index is -0.559. The van der Waals surface area contributed by atoms with Gasteiger partial charge in [0.25, 0.3) is 5.91 Å². The van der Waals surface area contributed by atoms with E-state index in [1.165, 1.54) is 0 Å². The average Bonchev–Trinajstić information content (AvgIpc) is 2.88. The van der Waals surface area contributed by atoms with Crippen molar-refractivity contribution in [1.82, 2.24) is 14.9 Å². The highest BCUT2D eigenvalue weighted by atomic mass is 16.6. The minimum absolute atomic E-state index is 0.0390. The van der Waals surface area contributed by atoms with Crippen molar-refractivity contribution in [2.45, 2.75) is 12.1 Å². The Morgan fingerprint density at radius 3 is 2.69 bits per heavy atom. The Bertz CT molecular complexity index is 743. The number of hydrogen-bond acceptors (Lipinski definition) is 6. The van der Waals surface area contributed by atoms with Crippen LogP contribution in [0.3, 0.4) is 0 Å². The smallest absolute Gasteiger partial charge is 0.254 e. The van der Waals surface area contributed by atoms with E-state index in [9.17, 15) is 4.79 Å². The van der Waals surface area contributed by atoms with Crippen LogP contribution in [0.1, 0.15) is 5.69 Å². The average molecular weight is 354 g/mol. The predicted octanol–water partition coefficient (Wildman–Crippen LogP) is 1.11. The van der Waals surface area contributed by atoms with Crippen LogP contribution in [0, 0.1) is 0 Å². The van der Waals surface area contributed by atoms with Crippen LogP contribution in [0.5, 0.6) is 0 Å². The number of hydrogen-bond donors (Lipinski definition) is 0. The molecule has 4 rings (SSSR count). The van der Waals surface area contributed by atoms with E-state index in [0.29, 0.717) is 32.1 Å². The lowest BCUT2D eigenvalue weighted by atomic mass is 10.0. The van der Waals surface area contributed by atoms with E-state index in [1.807, 2.05) is 36.4 Å². The summed E-state index contributed by atoms with van der Waals surface area (Å²) < 4.78 is 11.8. The van der Waals surface area contributed by atoms with Crippen LogP contribution >= 0.6 is 0 Å². The van der Waals surface area contributed by atoms with E-state index in [4.69, 9.17) is 9.47 Å². The molecular formula is C19H22N4O3. The van der Waals surface area contributed by atoms with Crippen LogP contribution < -0.4 is 4.90 Å². The molecule has 2 aliphatic rings. The third-order valence-electron chi connectivity index (χ3n) is 4.72. The number of carbonyl (C=O) groups is 1. The number of pyridine rings is 2. The first-order valence-electron chi connectivity index (χ1n) is 8.80. The fourth-order valence-corrected chi connectivity index (χ4v) is 3.46. The molecule has 0 bridgehead atoms. The maximum absolute atomic E-state index is 12.4. The fraction of sp³-hybridized carbons (Fsp3) is 0.421. The molecular weight excluding hydrogens is 332 g/mol. The Balaban J connectivity index is 1.53. The molecule has 2 aromatic rings. The van der Waals surface area contributed by atoms with Crippen molar-refractivity contribution in [2.24, 2.45) is 0 Å². The zero-order valence-corrected chi connectivity index (χ0v) is 14.6. The van der Waals surface area contributed by atoms with E-state index in [2.05, 4.69) is 14.9 Å². The van der Waals surface area contributed by atoms with Crippen LogP contribution in [-0.4, -0.2) is 65.8 Å². The number of carbonyl (C=O) groups excluding carboxylic acids is 1. The number of aromatic nitrogens is 2. The lowest BCUT2D eigenvalue weighted by Crippen LogP contribution is -2.60. The van der Waals surface area contributed by atoms with Crippen LogP contribution in [0.25, 0.3) is 0 Å². The predicted molar refractivity (Wildman–Crippen MR) is 95.6 cm³/mol. The molecule has 2 aromatic heterocycles. The molecule has 136 valence electrons. The Morgan fingerprint density at radius 2 is 1.92 bits per heavy atom. The summed E-state index contributed by atoms with van der Waals surface area (Å²) in [4.78, 5) is 25.1. The summed E-state index contributed by atoms with van der Waals surface area (Å²) in [7, 11) is 0. The Morgan fingerprint density at radius 1 is 1.08 bits per heavy atom. The Kier molecular flexibility index (Phi) is 4.92. The largest absolute Gasteiger partial charge is 0.377 e. The van der Waals surface area contributed by atoms with Crippen molar-refractivity contribution >= 4 is 11.7 Å². The highest BCUT2D eigenvalue weighted by Gasteiger charge is 2.43. The summed E-state index contributed by atoms with van der Waals surface area (Å²) in [6, 6.07) is 11.5. The van der Waals surface area contributed by atoms with Gasteiger partial charge in [-0.25, -0.2) is 4.98 Å². The second-order valence-electron chi connectivity index (χ2n) is 6.72. The number of amides is 1. The van der Waals surface area contributed by atoms with Crippen LogP contribution in [-0.2, 0) is 20.8 Å². The van der Waals surface area contributed by atoms with E-state index in [0.717, 1.165) is 18.8 Å². The molecule has 1 atom stereocenters. The van der Waals surface area contributed by atoms with Gasteiger partial charge in [0.1, 0.15) is 18.0 Å². The minimum Gasteiger partial charge on any atom is -0.377 e. The third-order valence-corrected chi connectivity index (χ3v) is 4.72. The zero-order chi connectivity index (χ0) is 17.8. The molecule has 7 heteroatoms. The van der Waals surface area contributed by atoms with Crippen LogP contribution in [0.2, 0.25) is 0 Å². The molecule has 4 heterocycles. The number of ether oxygens (including phenoxy) is 2. The highest BCUT2D eigenvalue weighted by Crippen LogP contribution is 2.26. The Labute approximate surface area is 152 Å². The quantitative estimate of drug-likeness (QED) is 0.823. The molecule has 1 spiro atoms. The van der Waals surface area contributed by atoms with E-state index >= 15 is 0 Å². The van der Waals surface area contributed by atoms with Gasteiger partial charge in [-0.1, -0.05) is 12.1 Å². The molecule has 0 aliphatic carbocycles.